The van der Waals surface area contributed by atoms with Crippen molar-refractivity contribution in [2.24, 2.45) is 0 Å². The van der Waals surface area contributed by atoms with Crippen molar-refractivity contribution in [1.82, 2.24) is 19.7 Å². The van der Waals surface area contributed by atoms with Gasteiger partial charge in [0.15, 0.2) is 5.65 Å². The number of nitrogens with zero attached hydrogens (tertiary/aromatic N) is 4. The number of nitrogens with one attached hydrogen (secondary N) is 1. The maximum absolute atomic E-state index is 12.7. The zero-order chi connectivity index (χ0) is 23.0. The molecule has 0 aliphatic carbocycles. The lowest BCUT2D eigenvalue weighted by molar-refractivity contribution is -0.137. The zero-order valence-corrected chi connectivity index (χ0v) is 18.4. The highest BCUT2D eigenvalue weighted by Crippen LogP contribution is 2.32. The fraction of sp³-hybridized carbons (Fsp3) is 0.409. The van der Waals surface area contributed by atoms with Crippen molar-refractivity contribution in [2.45, 2.75) is 44.9 Å². The summed E-state index contributed by atoms with van der Waals surface area (Å²) in [5, 5.41) is 7.83. The second-order valence-electron chi connectivity index (χ2n) is 8.20. The molecule has 1 amide bonds. The number of halogens is 4. The third-order valence-corrected chi connectivity index (χ3v) is 6.26. The lowest BCUT2D eigenvalue weighted by Crippen LogP contribution is -2.39. The summed E-state index contributed by atoms with van der Waals surface area (Å²) >= 11 is 6.49. The van der Waals surface area contributed by atoms with Gasteiger partial charge < -0.3 is 10.2 Å². The van der Waals surface area contributed by atoms with Crippen LogP contribution in [0.1, 0.15) is 48.7 Å². The molecule has 3 aromatic rings. The molecule has 0 atom stereocenters. The smallest absolute Gasteiger partial charge is 0.322 e. The molecule has 0 saturated carbocycles. The predicted octanol–water partition coefficient (Wildman–Crippen LogP) is 5.40. The number of alkyl halides is 3. The lowest BCUT2D eigenvalue weighted by atomic mass is 10.0. The molecule has 1 aliphatic rings. The second-order valence-corrected chi connectivity index (χ2v) is 8.58. The van der Waals surface area contributed by atoms with E-state index in [9.17, 15) is 18.0 Å². The van der Waals surface area contributed by atoms with Crippen LogP contribution in [0, 0.1) is 0 Å². The minimum Gasteiger partial charge on any atom is -0.322 e. The quantitative estimate of drug-likeness (QED) is 0.560. The Kier molecular flexibility index (Phi) is 6.13. The molecule has 1 N–H and O–H groups in total. The summed E-state index contributed by atoms with van der Waals surface area (Å²) in [6.07, 6.45) is 0.446. The van der Waals surface area contributed by atoms with Crippen LogP contribution in [0.25, 0.3) is 11.0 Å². The summed E-state index contributed by atoms with van der Waals surface area (Å²) in [5.74, 6) is -0.554. The Bertz CT molecular complexity index is 1120. The fourth-order valence-corrected chi connectivity index (χ4v) is 4.25. The number of carbonyl (C=O) groups excluding carboxylic acids is 1. The van der Waals surface area contributed by atoms with Crippen LogP contribution < -0.4 is 5.32 Å². The number of amides is 1. The number of carbonyl (C=O) groups is 1. The number of benzene rings is 1. The average molecular weight is 466 g/mol. The Labute approximate surface area is 188 Å². The van der Waals surface area contributed by atoms with Crippen LogP contribution in [0.5, 0.6) is 0 Å². The minimum absolute atomic E-state index is 0.133. The van der Waals surface area contributed by atoms with Gasteiger partial charge in [0.05, 0.1) is 33.8 Å². The fourth-order valence-electron chi connectivity index (χ4n) is 3.98. The maximum Gasteiger partial charge on any atom is 0.416 e. The van der Waals surface area contributed by atoms with Gasteiger partial charge in [-0.15, -0.1) is 0 Å². The van der Waals surface area contributed by atoms with E-state index in [2.05, 4.69) is 34.1 Å². The number of hydrogen-bond donors (Lipinski definition) is 1. The highest BCUT2D eigenvalue weighted by Gasteiger charge is 2.30. The number of hydrogen-bond acceptors (Lipinski definition) is 4. The van der Waals surface area contributed by atoms with Gasteiger partial charge in [-0.25, -0.2) is 9.67 Å². The van der Waals surface area contributed by atoms with Crippen molar-refractivity contribution < 1.29 is 18.0 Å². The normalized spacial score (nSPS) is 16.1. The van der Waals surface area contributed by atoms with Crippen LogP contribution in [0.3, 0.4) is 0 Å². The second kappa shape index (κ2) is 8.71. The van der Waals surface area contributed by atoms with Crippen LogP contribution in [-0.2, 0) is 6.18 Å². The van der Waals surface area contributed by atoms with Gasteiger partial charge >= 0.3 is 6.18 Å². The van der Waals surface area contributed by atoms with Gasteiger partial charge in [-0.2, -0.15) is 18.3 Å². The number of fused-ring (bicyclic) bond motifs is 1. The van der Waals surface area contributed by atoms with E-state index in [0.717, 1.165) is 38.1 Å². The van der Waals surface area contributed by atoms with Crippen molar-refractivity contribution in [2.75, 3.05) is 18.4 Å². The van der Waals surface area contributed by atoms with Crippen molar-refractivity contribution in [1.29, 1.82) is 0 Å². The Hall–Kier alpha value is -2.65. The first-order chi connectivity index (χ1) is 15.1. The zero-order valence-electron chi connectivity index (χ0n) is 17.7. The number of anilines is 1. The molecule has 170 valence electrons. The van der Waals surface area contributed by atoms with Crippen LogP contribution in [-0.4, -0.2) is 44.7 Å². The Morgan fingerprint density at radius 2 is 1.81 bits per heavy atom. The van der Waals surface area contributed by atoms with Crippen molar-refractivity contribution in [3.63, 3.8) is 0 Å². The molecule has 10 heteroatoms. The standard InChI is InChI=1S/C22H23ClF3N5O/c1-13(2)30-9-7-16(8-10-30)31-20-17(12-28-31)19(23)18(11-27-20)21(32)29-15-5-3-14(4-6-15)22(24,25)26/h3-6,11-13,16H,7-10H2,1-2H3,(H,29,32). The highest BCUT2D eigenvalue weighted by molar-refractivity contribution is 6.38. The molecule has 6 nitrogen and oxygen atoms in total. The molecule has 0 bridgehead atoms. The number of rotatable bonds is 4. The molecule has 1 fully saturated rings. The molecule has 0 radical (unpaired) electrons. The minimum atomic E-state index is -4.44. The lowest BCUT2D eigenvalue weighted by Gasteiger charge is -2.34. The summed E-state index contributed by atoms with van der Waals surface area (Å²) in [6.45, 7) is 6.32. The first-order valence-corrected chi connectivity index (χ1v) is 10.8. The van der Waals surface area contributed by atoms with Gasteiger partial charge in [-0.3, -0.25) is 4.79 Å². The van der Waals surface area contributed by atoms with Gasteiger partial charge in [-0.05, 0) is 51.0 Å². The van der Waals surface area contributed by atoms with Gasteiger partial charge in [0.2, 0.25) is 0 Å². The van der Waals surface area contributed by atoms with Crippen molar-refractivity contribution >= 4 is 34.2 Å². The predicted molar refractivity (Wildman–Crippen MR) is 117 cm³/mol. The summed E-state index contributed by atoms with van der Waals surface area (Å²) in [5.41, 5.74) is 0.187. The number of aromatic nitrogens is 3. The Balaban J connectivity index is 1.52. The molecule has 1 aromatic carbocycles. The van der Waals surface area contributed by atoms with Crippen LogP contribution in [0.15, 0.2) is 36.7 Å². The third-order valence-electron chi connectivity index (χ3n) is 5.85. The summed E-state index contributed by atoms with van der Waals surface area (Å²) < 4.78 is 40.0. The highest BCUT2D eigenvalue weighted by atomic mass is 35.5. The molecule has 2 aromatic heterocycles. The number of piperidine rings is 1. The molecule has 3 heterocycles. The van der Waals surface area contributed by atoms with E-state index >= 15 is 0 Å². The largest absolute Gasteiger partial charge is 0.416 e. The molecule has 4 rings (SSSR count). The first kappa shape index (κ1) is 22.5. The van der Waals surface area contributed by atoms with Gasteiger partial charge in [0.25, 0.3) is 5.91 Å². The third kappa shape index (κ3) is 4.45. The average Bonchev–Trinajstić information content (AvgIpc) is 3.19. The Morgan fingerprint density at radius 1 is 1.16 bits per heavy atom. The molecule has 32 heavy (non-hydrogen) atoms. The van der Waals surface area contributed by atoms with Crippen molar-refractivity contribution in [3.8, 4) is 0 Å². The van der Waals surface area contributed by atoms with E-state index in [1.807, 2.05) is 4.68 Å². The summed E-state index contributed by atoms with van der Waals surface area (Å²) in [4.78, 5) is 19.5. The van der Waals surface area contributed by atoms with Crippen molar-refractivity contribution in [3.05, 3.63) is 52.8 Å². The summed E-state index contributed by atoms with van der Waals surface area (Å²) in [6, 6.07) is 4.92. The van der Waals surface area contributed by atoms with E-state index in [-0.39, 0.29) is 22.3 Å². The molecule has 1 aliphatic heterocycles. The summed E-state index contributed by atoms with van der Waals surface area (Å²) in [7, 11) is 0. The van der Waals surface area contributed by atoms with Crippen LogP contribution in [0.4, 0.5) is 18.9 Å². The maximum atomic E-state index is 12.7. The van der Waals surface area contributed by atoms with Gasteiger partial charge in [0, 0.05) is 31.0 Å². The first-order valence-electron chi connectivity index (χ1n) is 10.4. The van der Waals surface area contributed by atoms with Gasteiger partial charge in [0.1, 0.15) is 0 Å². The van der Waals surface area contributed by atoms with E-state index < -0.39 is 17.6 Å². The Morgan fingerprint density at radius 3 is 2.41 bits per heavy atom. The van der Waals surface area contributed by atoms with Gasteiger partial charge in [-0.1, -0.05) is 11.6 Å². The number of likely N-dealkylation sites (tertiary alicyclic amines) is 1. The van der Waals surface area contributed by atoms with Crippen LogP contribution >= 0.6 is 11.6 Å². The number of pyridine rings is 1. The topological polar surface area (TPSA) is 63.1 Å². The van der Waals surface area contributed by atoms with E-state index in [0.29, 0.717) is 17.1 Å². The molecule has 0 unspecified atom stereocenters. The molecule has 1 saturated heterocycles. The van der Waals surface area contributed by atoms with E-state index in [1.54, 1.807) is 6.20 Å². The van der Waals surface area contributed by atoms with E-state index in [4.69, 9.17) is 11.6 Å². The molecular weight excluding hydrogens is 443 g/mol. The molecule has 0 spiro atoms. The monoisotopic (exact) mass is 465 g/mol. The van der Waals surface area contributed by atoms with E-state index in [1.165, 1.54) is 18.3 Å². The SMILES string of the molecule is CC(C)N1CCC(n2ncc3c(Cl)c(C(=O)Nc4ccc(C(F)(F)F)cc4)cnc32)CC1. The molecular formula is C22H23ClF3N5O. The van der Waals surface area contributed by atoms with Crippen LogP contribution in [0.2, 0.25) is 5.02 Å².